The van der Waals surface area contributed by atoms with Crippen LogP contribution < -0.4 is 10.6 Å². The number of rotatable bonds is 9. The Balaban J connectivity index is 0.00000210. The first kappa shape index (κ1) is 29.0. The van der Waals surface area contributed by atoms with Gasteiger partial charge in [-0.2, -0.15) is 0 Å². The van der Waals surface area contributed by atoms with Gasteiger partial charge in [0.05, 0.1) is 0 Å². The average Bonchev–Trinajstić information content (AvgIpc) is 3.57. The van der Waals surface area contributed by atoms with E-state index >= 15 is 0 Å². The molecular weight excluding hydrogens is 520 g/mol. The fourth-order valence-corrected chi connectivity index (χ4v) is 5.12. The molecule has 1 aromatic heterocycles. The lowest BCUT2D eigenvalue weighted by molar-refractivity contribution is -0.131. The molecule has 0 aliphatic carbocycles. The van der Waals surface area contributed by atoms with E-state index in [0.29, 0.717) is 18.1 Å². The molecule has 1 atom stereocenters. The highest BCUT2D eigenvalue weighted by molar-refractivity contribution is 7.14. The van der Waals surface area contributed by atoms with Gasteiger partial charge in [-0.15, -0.1) is 11.3 Å². The Bertz CT molecular complexity index is 1320. The first-order valence-corrected chi connectivity index (χ1v) is 12.6. The molecule has 0 spiro atoms. The Hall–Kier alpha value is -4.58. The normalized spacial score (nSPS) is 14.9. The average molecular weight is 549 g/mol. The summed E-state index contributed by atoms with van der Waals surface area (Å²) in [5, 5.41) is 21.9. The number of oxime groups is 1. The minimum atomic E-state index is -1.30. The first-order valence-electron chi connectivity index (χ1n) is 11.7. The third-order valence-corrected chi connectivity index (χ3v) is 6.89. The minimum absolute atomic E-state index is 0. The molecule has 1 aliphatic heterocycles. The van der Waals surface area contributed by atoms with Crippen LogP contribution in [-0.2, 0) is 20.0 Å². The number of carboxylic acid groups (broad SMARTS) is 1. The van der Waals surface area contributed by atoms with Crippen molar-refractivity contribution in [3.05, 3.63) is 119 Å². The van der Waals surface area contributed by atoms with Crippen molar-refractivity contribution in [2.75, 3.05) is 11.9 Å². The number of hydrogen-bond donors (Lipinski definition) is 3. The molecule has 39 heavy (non-hydrogen) atoms. The van der Waals surface area contributed by atoms with Gasteiger partial charge in [0.15, 0.2) is 5.13 Å². The summed E-state index contributed by atoms with van der Waals surface area (Å²) in [6.07, 6.45) is -0.389. The number of thiazole rings is 1. The molecule has 2 heterocycles. The Morgan fingerprint density at radius 3 is 1.90 bits per heavy atom. The van der Waals surface area contributed by atoms with E-state index in [1.54, 1.807) is 5.38 Å². The predicted molar refractivity (Wildman–Crippen MR) is 149 cm³/mol. The SMILES string of the molecule is O.O.O=C(O)/C(=N\O[C@@H]1CCNC1=O)c1csc(NC(c2ccccc2)(c2ccccc2)c2ccccc2)n1. The zero-order valence-corrected chi connectivity index (χ0v) is 21.5. The maximum absolute atomic E-state index is 12.0. The molecule has 0 radical (unpaired) electrons. The fraction of sp³-hybridized carbons (Fsp3) is 0.143. The van der Waals surface area contributed by atoms with Gasteiger partial charge < -0.3 is 31.5 Å². The number of carbonyl (C=O) groups excluding carboxylic acids is 1. The summed E-state index contributed by atoms with van der Waals surface area (Å²) < 4.78 is 0. The molecule has 1 saturated heterocycles. The van der Waals surface area contributed by atoms with Crippen molar-refractivity contribution in [3.63, 3.8) is 0 Å². The number of nitrogens with one attached hydrogen (secondary N) is 2. The summed E-state index contributed by atoms with van der Waals surface area (Å²) in [6, 6.07) is 30.1. The van der Waals surface area contributed by atoms with Crippen LogP contribution in [-0.4, -0.2) is 51.3 Å². The number of aliphatic carboxylic acids is 1. The van der Waals surface area contributed by atoms with Gasteiger partial charge in [-0.05, 0) is 16.7 Å². The molecule has 4 aromatic rings. The van der Waals surface area contributed by atoms with Crippen LogP contribution in [0.2, 0.25) is 0 Å². The molecular formula is C28H28N4O6S. The third-order valence-electron chi connectivity index (χ3n) is 6.13. The molecule has 1 aliphatic rings. The highest BCUT2D eigenvalue weighted by Gasteiger charge is 2.37. The largest absolute Gasteiger partial charge is 0.476 e. The summed E-state index contributed by atoms with van der Waals surface area (Å²) in [6.45, 7) is 0.465. The lowest BCUT2D eigenvalue weighted by Crippen LogP contribution is -2.38. The van der Waals surface area contributed by atoms with Gasteiger partial charge in [-0.25, -0.2) is 9.78 Å². The van der Waals surface area contributed by atoms with Crippen molar-refractivity contribution in [1.29, 1.82) is 0 Å². The number of benzene rings is 3. The van der Waals surface area contributed by atoms with Crippen LogP contribution >= 0.6 is 11.3 Å². The molecule has 202 valence electrons. The van der Waals surface area contributed by atoms with E-state index in [-0.39, 0.29) is 28.3 Å². The number of carboxylic acids is 1. The summed E-state index contributed by atoms with van der Waals surface area (Å²) in [5.41, 5.74) is 1.94. The number of hydrogen-bond acceptors (Lipinski definition) is 7. The van der Waals surface area contributed by atoms with Gasteiger partial charge in [-0.3, -0.25) is 4.79 Å². The second-order valence-electron chi connectivity index (χ2n) is 8.43. The highest BCUT2D eigenvalue weighted by atomic mass is 32.1. The van der Waals surface area contributed by atoms with Crippen molar-refractivity contribution in [2.24, 2.45) is 5.16 Å². The summed E-state index contributed by atoms with van der Waals surface area (Å²) >= 11 is 1.26. The molecule has 1 amide bonds. The van der Waals surface area contributed by atoms with E-state index in [4.69, 9.17) is 4.84 Å². The van der Waals surface area contributed by atoms with E-state index in [2.05, 4.69) is 20.8 Å². The molecule has 7 N–H and O–H groups in total. The molecule has 0 saturated carbocycles. The Kier molecular flexibility index (Phi) is 9.50. The van der Waals surface area contributed by atoms with Crippen molar-refractivity contribution in [3.8, 4) is 0 Å². The van der Waals surface area contributed by atoms with Crippen LogP contribution in [0.5, 0.6) is 0 Å². The molecule has 1 fully saturated rings. The van der Waals surface area contributed by atoms with E-state index in [9.17, 15) is 14.7 Å². The standard InChI is InChI=1S/C28H24N4O4S.2H2O/c33-25-23(16-17-29-25)36-32-24(26(34)35)22-18-37-27(30-22)31-28(19-10-4-1-5-11-19,20-12-6-2-7-13-20)21-14-8-3-9-15-21;;/h1-15,18,23H,16-17H2,(H,29,33)(H,30,31)(H,34,35);2*1H2/b32-24-;;/t23-;;/m1../s1. The number of nitrogens with zero attached hydrogens (tertiary/aromatic N) is 2. The quantitative estimate of drug-likeness (QED) is 0.164. The molecule has 3 aromatic carbocycles. The monoisotopic (exact) mass is 548 g/mol. The van der Waals surface area contributed by atoms with Crippen molar-refractivity contribution in [1.82, 2.24) is 10.3 Å². The summed E-state index contributed by atoms with van der Waals surface area (Å²) in [5.74, 6) is -1.61. The van der Waals surface area contributed by atoms with Gasteiger partial charge in [0.1, 0.15) is 11.2 Å². The molecule has 5 rings (SSSR count). The van der Waals surface area contributed by atoms with Crippen LogP contribution in [0.1, 0.15) is 28.8 Å². The topological polar surface area (TPSA) is 176 Å². The number of aromatic nitrogens is 1. The minimum Gasteiger partial charge on any atom is -0.476 e. The second kappa shape index (κ2) is 12.8. The Morgan fingerprint density at radius 1 is 0.949 bits per heavy atom. The number of anilines is 1. The lowest BCUT2D eigenvalue weighted by Gasteiger charge is -2.36. The summed E-state index contributed by atoms with van der Waals surface area (Å²) in [4.78, 5) is 33.6. The van der Waals surface area contributed by atoms with Crippen LogP contribution in [0.3, 0.4) is 0 Å². The smallest absolute Gasteiger partial charge is 0.360 e. The predicted octanol–water partition coefficient (Wildman–Crippen LogP) is 2.59. The van der Waals surface area contributed by atoms with E-state index in [1.165, 1.54) is 11.3 Å². The Morgan fingerprint density at radius 2 is 1.46 bits per heavy atom. The van der Waals surface area contributed by atoms with Gasteiger partial charge >= 0.3 is 5.97 Å². The maximum Gasteiger partial charge on any atom is 0.360 e. The van der Waals surface area contributed by atoms with Crippen LogP contribution in [0.25, 0.3) is 0 Å². The zero-order chi connectivity index (χ0) is 25.7. The van der Waals surface area contributed by atoms with Crippen LogP contribution in [0, 0.1) is 0 Å². The van der Waals surface area contributed by atoms with Gasteiger partial charge in [0.25, 0.3) is 5.91 Å². The van der Waals surface area contributed by atoms with Gasteiger partial charge in [-0.1, -0.05) is 96.2 Å². The third kappa shape index (κ3) is 5.96. The van der Waals surface area contributed by atoms with E-state index in [0.717, 1.165) is 16.7 Å². The van der Waals surface area contributed by atoms with E-state index < -0.39 is 17.6 Å². The molecule has 11 heteroatoms. The highest BCUT2D eigenvalue weighted by Crippen LogP contribution is 2.40. The van der Waals surface area contributed by atoms with Crippen LogP contribution in [0.4, 0.5) is 5.13 Å². The first-order chi connectivity index (χ1) is 18.1. The lowest BCUT2D eigenvalue weighted by atomic mass is 9.77. The van der Waals surface area contributed by atoms with Crippen LogP contribution in [0.15, 0.2) is 102 Å². The van der Waals surface area contributed by atoms with Crippen molar-refractivity contribution in [2.45, 2.75) is 18.1 Å². The molecule has 10 nitrogen and oxygen atoms in total. The van der Waals surface area contributed by atoms with E-state index in [1.807, 2.05) is 91.0 Å². The van der Waals surface area contributed by atoms with Crippen molar-refractivity contribution >= 4 is 34.1 Å². The number of carbonyl (C=O) groups is 2. The van der Waals surface area contributed by atoms with Gasteiger partial charge in [0.2, 0.25) is 11.8 Å². The van der Waals surface area contributed by atoms with Gasteiger partial charge in [0, 0.05) is 18.3 Å². The second-order valence-corrected chi connectivity index (χ2v) is 9.29. The number of amides is 1. The molecule has 0 unspecified atom stereocenters. The summed E-state index contributed by atoms with van der Waals surface area (Å²) in [7, 11) is 0. The molecule has 0 bridgehead atoms. The van der Waals surface area contributed by atoms with Crippen molar-refractivity contribution < 1.29 is 30.5 Å². The Labute approximate surface area is 228 Å². The maximum atomic E-state index is 12.0. The zero-order valence-electron chi connectivity index (χ0n) is 20.7. The fourth-order valence-electron chi connectivity index (χ4n) is 4.36.